The first-order valence-electron chi connectivity index (χ1n) is 7.13. The van der Waals surface area contributed by atoms with Crippen LogP contribution >= 0.6 is 11.8 Å². The highest BCUT2D eigenvalue weighted by atomic mass is 32.2. The molecule has 2 N–H and O–H groups in total. The quantitative estimate of drug-likeness (QED) is 0.578. The zero-order valence-corrected chi connectivity index (χ0v) is 13.2. The lowest BCUT2D eigenvalue weighted by atomic mass is 10.0. The van der Waals surface area contributed by atoms with Crippen molar-refractivity contribution in [3.05, 3.63) is 66.9 Å². The zero-order valence-electron chi connectivity index (χ0n) is 12.3. The van der Waals surface area contributed by atoms with Crippen LogP contribution in [0.5, 0.6) is 0 Å². The second-order valence-corrected chi connectivity index (χ2v) is 5.84. The van der Waals surface area contributed by atoms with Crippen LogP contribution < -0.4 is 5.73 Å². The van der Waals surface area contributed by atoms with Gasteiger partial charge in [-0.05, 0) is 5.56 Å². The number of nitrogens with two attached hydrogens (primary N) is 1. The van der Waals surface area contributed by atoms with Gasteiger partial charge in [0.15, 0.2) is 5.16 Å². The molecule has 114 valence electrons. The fraction of sp³-hybridized carbons (Fsp3) is 0.0556. The third-order valence-electron chi connectivity index (χ3n) is 3.24. The zero-order chi connectivity index (χ0) is 16.1. The summed E-state index contributed by atoms with van der Waals surface area (Å²) in [5.74, 6) is -0.217. The first-order valence-corrected chi connectivity index (χ1v) is 8.11. The Morgan fingerprint density at radius 1 is 0.957 bits per heavy atom. The molecule has 0 aliphatic carbocycles. The number of carbonyl (C=O) groups is 1. The molecule has 3 aromatic rings. The Bertz CT molecular complexity index is 807. The molecular formula is C18H15N3OS. The summed E-state index contributed by atoms with van der Waals surface area (Å²) < 4.78 is 0. The van der Waals surface area contributed by atoms with Crippen molar-refractivity contribution in [3.63, 3.8) is 0 Å². The first kappa shape index (κ1) is 15.2. The van der Waals surface area contributed by atoms with Crippen LogP contribution in [0.25, 0.3) is 22.4 Å². The first-order chi connectivity index (χ1) is 11.2. The second-order valence-electron chi connectivity index (χ2n) is 4.90. The molecule has 0 unspecified atom stereocenters. The molecule has 0 aliphatic heterocycles. The lowest BCUT2D eigenvalue weighted by molar-refractivity contribution is -0.115. The molecule has 1 aromatic heterocycles. The van der Waals surface area contributed by atoms with E-state index in [0.29, 0.717) is 5.16 Å². The van der Waals surface area contributed by atoms with Gasteiger partial charge in [-0.25, -0.2) is 9.97 Å². The summed E-state index contributed by atoms with van der Waals surface area (Å²) in [5, 5.41) is 0.544. The van der Waals surface area contributed by atoms with Gasteiger partial charge in [-0.2, -0.15) is 0 Å². The summed E-state index contributed by atoms with van der Waals surface area (Å²) in [4.78, 5) is 20.0. The molecule has 1 heterocycles. The monoisotopic (exact) mass is 321 g/mol. The molecule has 2 aromatic carbocycles. The maximum Gasteiger partial charge on any atom is 0.227 e. The van der Waals surface area contributed by atoms with E-state index in [4.69, 9.17) is 5.73 Å². The number of hydrogen-bond donors (Lipinski definition) is 1. The van der Waals surface area contributed by atoms with Gasteiger partial charge in [0.1, 0.15) is 0 Å². The molecular weight excluding hydrogens is 306 g/mol. The van der Waals surface area contributed by atoms with Gasteiger partial charge in [-0.1, -0.05) is 72.4 Å². The van der Waals surface area contributed by atoms with Gasteiger partial charge < -0.3 is 5.73 Å². The molecule has 0 atom stereocenters. The fourth-order valence-electron chi connectivity index (χ4n) is 2.22. The molecule has 0 bridgehead atoms. The van der Waals surface area contributed by atoms with Crippen LogP contribution in [-0.2, 0) is 4.79 Å². The maximum absolute atomic E-state index is 11.0. The largest absolute Gasteiger partial charge is 0.369 e. The summed E-state index contributed by atoms with van der Waals surface area (Å²) in [6.07, 6.45) is 1.80. The number of nitrogens with zero attached hydrogens (tertiary/aromatic N) is 2. The van der Waals surface area contributed by atoms with Gasteiger partial charge in [0.05, 0.1) is 11.4 Å². The van der Waals surface area contributed by atoms with Crippen LogP contribution in [0, 0.1) is 0 Å². The minimum atomic E-state index is -0.382. The third kappa shape index (κ3) is 3.76. The van der Waals surface area contributed by atoms with E-state index in [9.17, 15) is 4.79 Å². The molecule has 0 aliphatic rings. The Hall–Kier alpha value is -2.66. The SMILES string of the molecule is NC(=O)CSc1ncc(-c2ccccc2)c(-c2ccccc2)n1. The van der Waals surface area contributed by atoms with E-state index < -0.39 is 0 Å². The number of carbonyl (C=O) groups excluding carboxylic acids is 1. The normalized spacial score (nSPS) is 10.4. The van der Waals surface area contributed by atoms with E-state index in [0.717, 1.165) is 22.4 Å². The van der Waals surface area contributed by atoms with Crippen LogP contribution in [0.2, 0.25) is 0 Å². The highest BCUT2D eigenvalue weighted by molar-refractivity contribution is 7.99. The summed E-state index contributed by atoms with van der Waals surface area (Å²) in [6.45, 7) is 0. The molecule has 0 spiro atoms. The fourth-order valence-corrected chi connectivity index (χ4v) is 2.77. The summed E-state index contributed by atoms with van der Waals surface area (Å²) in [6, 6.07) is 19.9. The Kier molecular flexibility index (Phi) is 4.68. The van der Waals surface area contributed by atoms with E-state index >= 15 is 0 Å². The van der Waals surface area contributed by atoms with E-state index in [1.165, 1.54) is 11.8 Å². The van der Waals surface area contributed by atoms with Crippen molar-refractivity contribution >= 4 is 17.7 Å². The van der Waals surface area contributed by atoms with Crippen molar-refractivity contribution in [2.45, 2.75) is 5.16 Å². The molecule has 0 fully saturated rings. The minimum Gasteiger partial charge on any atom is -0.369 e. The summed E-state index contributed by atoms with van der Waals surface area (Å²) in [5.41, 5.74) is 9.06. The third-order valence-corrected chi connectivity index (χ3v) is 4.13. The number of aromatic nitrogens is 2. The van der Waals surface area contributed by atoms with Crippen molar-refractivity contribution in [1.82, 2.24) is 9.97 Å². The van der Waals surface area contributed by atoms with Gasteiger partial charge in [-0.3, -0.25) is 4.79 Å². The highest BCUT2D eigenvalue weighted by Gasteiger charge is 2.12. The van der Waals surface area contributed by atoms with E-state index in [1.807, 2.05) is 60.7 Å². The van der Waals surface area contributed by atoms with Crippen molar-refractivity contribution in [1.29, 1.82) is 0 Å². The number of thioether (sulfide) groups is 1. The molecule has 23 heavy (non-hydrogen) atoms. The van der Waals surface area contributed by atoms with Gasteiger partial charge in [0.25, 0.3) is 0 Å². The molecule has 0 saturated carbocycles. The molecule has 0 saturated heterocycles. The van der Waals surface area contributed by atoms with Crippen LogP contribution in [0.4, 0.5) is 0 Å². The van der Waals surface area contributed by atoms with E-state index in [-0.39, 0.29) is 11.7 Å². The van der Waals surface area contributed by atoms with Crippen molar-refractivity contribution in [2.24, 2.45) is 5.73 Å². The van der Waals surface area contributed by atoms with Crippen molar-refractivity contribution in [3.8, 4) is 22.4 Å². The van der Waals surface area contributed by atoms with Crippen molar-refractivity contribution in [2.75, 3.05) is 5.75 Å². The van der Waals surface area contributed by atoms with Crippen LogP contribution in [0.3, 0.4) is 0 Å². The number of rotatable bonds is 5. The van der Waals surface area contributed by atoms with Crippen LogP contribution in [-0.4, -0.2) is 21.6 Å². The Balaban J connectivity index is 2.07. The predicted octanol–water partition coefficient (Wildman–Crippen LogP) is 3.39. The smallest absolute Gasteiger partial charge is 0.227 e. The second kappa shape index (κ2) is 7.07. The van der Waals surface area contributed by atoms with Gasteiger partial charge in [-0.15, -0.1) is 0 Å². The number of benzene rings is 2. The summed E-state index contributed by atoms with van der Waals surface area (Å²) in [7, 11) is 0. The molecule has 4 nitrogen and oxygen atoms in total. The van der Waals surface area contributed by atoms with Crippen LogP contribution in [0.15, 0.2) is 72.0 Å². The highest BCUT2D eigenvalue weighted by Crippen LogP contribution is 2.31. The Labute approximate surface area is 138 Å². The minimum absolute atomic E-state index is 0.166. The van der Waals surface area contributed by atoms with E-state index in [1.54, 1.807) is 6.20 Å². The lowest BCUT2D eigenvalue weighted by Gasteiger charge is -2.10. The van der Waals surface area contributed by atoms with E-state index in [2.05, 4.69) is 9.97 Å². The number of hydrogen-bond acceptors (Lipinski definition) is 4. The van der Waals surface area contributed by atoms with Gasteiger partial charge >= 0.3 is 0 Å². The average molecular weight is 321 g/mol. The number of amides is 1. The summed E-state index contributed by atoms with van der Waals surface area (Å²) >= 11 is 1.24. The predicted molar refractivity (Wildman–Crippen MR) is 92.8 cm³/mol. The van der Waals surface area contributed by atoms with Crippen molar-refractivity contribution < 1.29 is 4.79 Å². The standard InChI is InChI=1S/C18H15N3OS/c19-16(22)12-23-18-20-11-15(13-7-3-1-4-8-13)17(21-18)14-9-5-2-6-10-14/h1-11H,12H2,(H2,19,22). The Morgan fingerprint density at radius 2 is 1.57 bits per heavy atom. The average Bonchev–Trinajstić information content (AvgIpc) is 2.61. The van der Waals surface area contributed by atoms with Crippen LogP contribution in [0.1, 0.15) is 0 Å². The molecule has 3 rings (SSSR count). The number of primary amides is 1. The molecule has 5 heteroatoms. The van der Waals surface area contributed by atoms with Gasteiger partial charge in [0, 0.05) is 17.3 Å². The van der Waals surface area contributed by atoms with Gasteiger partial charge in [0.2, 0.25) is 5.91 Å². The maximum atomic E-state index is 11.0. The Morgan fingerprint density at radius 3 is 2.17 bits per heavy atom. The molecule has 0 radical (unpaired) electrons. The lowest BCUT2D eigenvalue weighted by Crippen LogP contribution is -2.13. The molecule has 1 amide bonds. The topological polar surface area (TPSA) is 68.9 Å².